The van der Waals surface area contributed by atoms with Crippen LogP contribution in [0.2, 0.25) is 0 Å². The topological polar surface area (TPSA) is 9.23 Å². The van der Waals surface area contributed by atoms with Crippen LogP contribution in [0, 0.1) is 5.41 Å². The van der Waals surface area contributed by atoms with Crippen LogP contribution in [0.1, 0.15) is 48.5 Å². The van der Waals surface area contributed by atoms with Gasteiger partial charge in [0.25, 0.3) is 0 Å². The molecule has 0 aliphatic heterocycles. The van der Waals surface area contributed by atoms with Gasteiger partial charge in [0.15, 0.2) is 0 Å². The highest BCUT2D eigenvalue weighted by atomic mass is 32.2. The Bertz CT molecular complexity index is 578. The number of hydrogen-bond acceptors (Lipinski definition) is 2. The molecule has 0 spiro atoms. The van der Waals surface area contributed by atoms with Crippen molar-refractivity contribution in [3.05, 3.63) is 59.6 Å². The third-order valence-corrected chi connectivity index (χ3v) is 4.30. The molecule has 1 aromatic rings. The van der Waals surface area contributed by atoms with E-state index in [1.165, 1.54) is 9.80 Å². The number of rotatable bonds is 5. The van der Waals surface area contributed by atoms with E-state index in [-0.39, 0.29) is 11.0 Å². The SMILES string of the molecule is C=C(/C=C\C(=C/C)Sc1ccc(OC(C)(C)C)cc1)C(C)(C)C. The zero-order valence-electron chi connectivity index (χ0n) is 15.6. The Kier molecular flexibility index (Phi) is 6.76. The number of benzene rings is 1. The first kappa shape index (κ1) is 19.6. The van der Waals surface area contributed by atoms with Crippen LogP contribution in [0.25, 0.3) is 0 Å². The minimum absolute atomic E-state index is 0.103. The van der Waals surface area contributed by atoms with E-state index >= 15 is 0 Å². The molecule has 0 saturated heterocycles. The maximum atomic E-state index is 5.85. The molecule has 23 heavy (non-hydrogen) atoms. The standard InChI is InChI=1S/C21H30OS/c1-9-18(13-10-16(2)20(3,4)5)23-19-14-11-17(12-15-19)22-21(6,7)8/h9-15H,2H2,1,3-8H3/b13-10-,18-9+. The van der Waals surface area contributed by atoms with Crippen LogP contribution in [0.4, 0.5) is 0 Å². The van der Waals surface area contributed by atoms with Crippen molar-refractivity contribution in [2.24, 2.45) is 5.41 Å². The van der Waals surface area contributed by atoms with Crippen molar-refractivity contribution >= 4 is 11.8 Å². The minimum atomic E-state index is -0.167. The summed E-state index contributed by atoms with van der Waals surface area (Å²) in [7, 11) is 0. The molecule has 0 heterocycles. The van der Waals surface area contributed by atoms with Gasteiger partial charge in [-0.25, -0.2) is 0 Å². The molecule has 0 radical (unpaired) electrons. The lowest BCUT2D eigenvalue weighted by molar-refractivity contribution is 0.131. The van der Waals surface area contributed by atoms with E-state index < -0.39 is 0 Å². The molecule has 0 unspecified atom stereocenters. The first-order valence-corrected chi connectivity index (χ1v) is 8.83. The van der Waals surface area contributed by atoms with E-state index in [0.29, 0.717) is 0 Å². The van der Waals surface area contributed by atoms with Crippen molar-refractivity contribution in [2.45, 2.75) is 59.0 Å². The molecule has 1 rings (SSSR count). The van der Waals surface area contributed by atoms with Crippen LogP contribution in [-0.2, 0) is 0 Å². The van der Waals surface area contributed by atoms with E-state index in [9.17, 15) is 0 Å². The molecule has 1 aromatic carbocycles. The second kappa shape index (κ2) is 7.92. The second-order valence-electron chi connectivity index (χ2n) is 7.59. The first-order chi connectivity index (χ1) is 10.5. The van der Waals surface area contributed by atoms with E-state index in [1.807, 2.05) is 12.1 Å². The Labute approximate surface area is 146 Å². The third-order valence-electron chi connectivity index (χ3n) is 3.18. The first-order valence-electron chi connectivity index (χ1n) is 8.02. The van der Waals surface area contributed by atoms with Gasteiger partial charge in [-0.2, -0.15) is 0 Å². The Balaban J connectivity index is 2.74. The lowest BCUT2D eigenvalue weighted by Crippen LogP contribution is -2.22. The quantitative estimate of drug-likeness (QED) is 0.424. The summed E-state index contributed by atoms with van der Waals surface area (Å²) in [6.45, 7) is 18.9. The highest BCUT2D eigenvalue weighted by Gasteiger charge is 2.12. The fourth-order valence-electron chi connectivity index (χ4n) is 1.69. The molecular weight excluding hydrogens is 300 g/mol. The maximum absolute atomic E-state index is 5.85. The van der Waals surface area contributed by atoms with Crippen molar-refractivity contribution in [3.63, 3.8) is 0 Å². The Morgan fingerprint density at radius 2 is 1.57 bits per heavy atom. The molecule has 0 bridgehead atoms. The van der Waals surface area contributed by atoms with Crippen LogP contribution in [-0.4, -0.2) is 5.60 Å². The minimum Gasteiger partial charge on any atom is -0.488 e. The van der Waals surface area contributed by atoms with Gasteiger partial charge >= 0.3 is 0 Å². The lowest BCUT2D eigenvalue weighted by atomic mass is 9.87. The third kappa shape index (κ3) is 7.60. The molecule has 0 saturated carbocycles. The number of hydrogen-bond donors (Lipinski definition) is 0. The van der Waals surface area contributed by atoms with E-state index in [4.69, 9.17) is 4.74 Å². The summed E-state index contributed by atoms with van der Waals surface area (Å²) in [5.74, 6) is 0.903. The monoisotopic (exact) mass is 330 g/mol. The van der Waals surface area contributed by atoms with Gasteiger partial charge < -0.3 is 4.74 Å². The number of allylic oxidation sites excluding steroid dienone is 4. The zero-order valence-corrected chi connectivity index (χ0v) is 16.4. The van der Waals surface area contributed by atoms with Crippen molar-refractivity contribution in [1.82, 2.24) is 0 Å². The fraction of sp³-hybridized carbons (Fsp3) is 0.429. The molecule has 126 valence electrons. The highest BCUT2D eigenvalue weighted by Crippen LogP contribution is 2.31. The zero-order chi connectivity index (χ0) is 17.7. The van der Waals surface area contributed by atoms with Crippen molar-refractivity contribution in [2.75, 3.05) is 0 Å². The molecule has 2 heteroatoms. The van der Waals surface area contributed by atoms with Gasteiger partial charge in [-0.1, -0.05) is 51.3 Å². The average Bonchev–Trinajstić information content (AvgIpc) is 2.42. The van der Waals surface area contributed by atoms with E-state index in [1.54, 1.807) is 11.8 Å². The summed E-state index contributed by atoms with van der Waals surface area (Å²) in [4.78, 5) is 2.41. The van der Waals surface area contributed by atoms with Crippen LogP contribution >= 0.6 is 11.8 Å². The van der Waals surface area contributed by atoms with Gasteiger partial charge in [0, 0.05) is 9.80 Å². The van der Waals surface area contributed by atoms with Crippen molar-refractivity contribution in [1.29, 1.82) is 0 Å². The molecule has 0 N–H and O–H groups in total. The smallest absolute Gasteiger partial charge is 0.120 e. The number of thioether (sulfide) groups is 1. The van der Waals surface area contributed by atoms with E-state index in [0.717, 1.165) is 11.3 Å². The van der Waals surface area contributed by atoms with Crippen LogP contribution in [0.5, 0.6) is 5.75 Å². The van der Waals surface area contributed by atoms with Gasteiger partial charge in [0.05, 0.1) is 0 Å². The Morgan fingerprint density at radius 3 is 2.00 bits per heavy atom. The second-order valence-corrected chi connectivity index (χ2v) is 8.73. The van der Waals surface area contributed by atoms with Gasteiger partial charge in [0.1, 0.15) is 11.4 Å². The van der Waals surface area contributed by atoms with Crippen LogP contribution in [0.15, 0.2) is 64.4 Å². The molecule has 1 nitrogen and oxygen atoms in total. The average molecular weight is 331 g/mol. The van der Waals surface area contributed by atoms with Crippen molar-refractivity contribution in [3.8, 4) is 5.75 Å². The van der Waals surface area contributed by atoms with Crippen molar-refractivity contribution < 1.29 is 4.74 Å². The Hall–Kier alpha value is -1.41. The summed E-state index contributed by atoms with van der Waals surface area (Å²) < 4.78 is 5.85. The fourth-order valence-corrected chi connectivity index (χ4v) is 2.49. The summed E-state index contributed by atoms with van der Waals surface area (Å²) in [6, 6.07) is 8.25. The molecular formula is C21H30OS. The lowest BCUT2D eigenvalue weighted by Gasteiger charge is -2.21. The number of ether oxygens (including phenoxy) is 1. The predicted octanol–water partition coefficient (Wildman–Crippen LogP) is 7.02. The van der Waals surface area contributed by atoms with Gasteiger partial charge in [0.2, 0.25) is 0 Å². The van der Waals surface area contributed by atoms with Gasteiger partial charge in [-0.05, 0) is 69.0 Å². The normalized spacial score (nSPS) is 13.4. The summed E-state index contributed by atoms with van der Waals surface area (Å²) >= 11 is 1.75. The molecule has 0 atom stereocenters. The molecule has 0 amide bonds. The van der Waals surface area contributed by atoms with Gasteiger partial charge in [-0.15, -0.1) is 0 Å². The maximum Gasteiger partial charge on any atom is 0.120 e. The summed E-state index contributed by atoms with van der Waals surface area (Å²) in [5, 5.41) is 0. The molecule has 0 fully saturated rings. The molecule has 0 aromatic heterocycles. The largest absolute Gasteiger partial charge is 0.488 e. The summed E-state index contributed by atoms with van der Waals surface area (Å²) in [6.07, 6.45) is 6.37. The highest BCUT2D eigenvalue weighted by molar-refractivity contribution is 8.03. The van der Waals surface area contributed by atoms with Gasteiger partial charge in [-0.3, -0.25) is 0 Å². The van der Waals surface area contributed by atoms with E-state index in [2.05, 4.69) is 85.4 Å². The Morgan fingerprint density at radius 1 is 1.00 bits per heavy atom. The summed E-state index contributed by atoms with van der Waals surface area (Å²) in [5.41, 5.74) is 1.07. The molecule has 0 aliphatic carbocycles. The predicted molar refractivity (Wildman–Crippen MR) is 104 cm³/mol. The van der Waals surface area contributed by atoms with Crippen LogP contribution in [0.3, 0.4) is 0 Å². The van der Waals surface area contributed by atoms with Crippen LogP contribution < -0.4 is 4.74 Å². The molecule has 0 aliphatic rings.